The molecule has 2 rings (SSSR count). The van der Waals surface area contributed by atoms with E-state index in [1.807, 2.05) is 19.0 Å². The highest BCUT2D eigenvalue weighted by atomic mass is 19.1. The van der Waals surface area contributed by atoms with Gasteiger partial charge in [0.05, 0.1) is 0 Å². The van der Waals surface area contributed by atoms with Crippen molar-refractivity contribution >= 4 is 0 Å². The molecule has 106 valence electrons. The number of nitrogens with zero attached hydrogens (tertiary/aromatic N) is 1. The lowest BCUT2D eigenvalue weighted by molar-refractivity contribution is 0.368. The van der Waals surface area contributed by atoms with E-state index in [1.165, 1.54) is 12.1 Å². The Bertz CT molecular complexity index is 454. The van der Waals surface area contributed by atoms with Gasteiger partial charge in [-0.25, -0.2) is 4.39 Å². The molecule has 0 radical (unpaired) electrons. The standard InChI is InChI=1S/C15H23FN2O/c1-18(2)9-11-7-12(16)8-13(14(11)19)15(10-17)5-3-4-6-15/h7-8,19H,3-6,9-10,17H2,1-2H3. The summed E-state index contributed by atoms with van der Waals surface area (Å²) in [5.74, 6) is -0.0631. The first kappa shape index (κ1) is 14.3. The number of aromatic hydroxyl groups is 1. The van der Waals surface area contributed by atoms with E-state index in [0.717, 1.165) is 25.7 Å². The maximum absolute atomic E-state index is 13.8. The summed E-state index contributed by atoms with van der Waals surface area (Å²) >= 11 is 0. The van der Waals surface area contributed by atoms with Crippen LogP contribution in [0.1, 0.15) is 36.8 Å². The van der Waals surface area contributed by atoms with E-state index in [1.54, 1.807) is 0 Å². The SMILES string of the molecule is CN(C)Cc1cc(F)cc(C2(CN)CCCC2)c1O. The van der Waals surface area contributed by atoms with E-state index >= 15 is 0 Å². The van der Waals surface area contributed by atoms with Gasteiger partial charge in [0, 0.05) is 29.6 Å². The lowest BCUT2D eigenvalue weighted by atomic mass is 9.77. The van der Waals surface area contributed by atoms with Gasteiger partial charge in [-0.1, -0.05) is 12.8 Å². The van der Waals surface area contributed by atoms with Crippen molar-refractivity contribution in [2.45, 2.75) is 37.6 Å². The predicted octanol–water partition coefficient (Wildman–Crippen LogP) is 2.36. The largest absolute Gasteiger partial charge is 0.507 e. The number of nitrogens with two attached hydrogens (primary N) is 1. The minimum absolute atomic E-state index is 0.224. The molecule has 19 heavy (non-hydrogen) atoms. The van der Waals surface area contributed by atoms with Gasteiger partial charge in [-0.15, -0.1) is 0 Å². The molecule has 0 saturated heterocycles. The summed E-state index contributed by atoms with van der Waals surface area (Å²) in [6.45, 7) is 0.989. The first-order valence-electron chi connectivity index (χ1n) is 6.85. The van der Waals surface area contributed by atoms with Crippen molar-refractivity contribution in [2.75, 3.05) is 20.6 Å². The van der Waals surface area contributed by atoms with Gasteiger partial charge in [0.2, 0.25) is 0 Å². The third-order valence-electron chi connectivity index (χ3n) is 4.16. The Morgan fingerprint density at radius 2 is 1.95 bits per heavy atom. The molecule has 1 fully saturated rings. The molecule has 3 nitrogen and oxygen atoms in total. The van der Waals surface area contributed by atoms with Gasteiger partial charge in [0.25, 0.3) is 0 Å². The van der Waals surface area contributed by atoms with Crippen molar-refractivity contribution in [1.82, 2.24) is 4.90 Å². The van der Waals surface area contributed by atoms with Gasteiger partial charge in [-0.2, -0.15) is 0 Å². The Labute approximate surface area is 114 Å². The predicted molar refractivity (Wildman–Crippen MR) is 74.7 cm³/mol. The summed E-state index contributed by atoms with van der Waals surface area (Å²) in [6, 6.07) is 2.88. The molecule has 1 aromatic carbocycles. The molecule has 0 heterocycles. The summed E-state index contributed by atoms with van der Waals surface area (Å²) in [4.78, 5) is 1.92. The van der Waals surface area contributed by atoms with Crippen LogP contribution in [0.2, 0.25) is 0 Å². The quantitative estimate of drug-likeness (QED) is 0.879. The Hall–Kier alpha value is -1.13. The molecule has 0 unspecified atom stereocenters. The third-order valence-corrected chi connectivity index (χ3v) is 4.16. The fourth-order valence-electron chi connectivity index (χ4n) is 3.16. The molecule has 1 aromatic rings. The second-order valence-electron chi connectivity index (χ2n) is 5.89. The highest BCUT2D eigenvalue weighted by molar-refractivity contribution is 5.46. The number of hydrogen-bond acceptors (Lipinski definition) is 3. The summed E-state index contributed by atoms with van der Waals surface area (Å²) in [5, 5.41) is 10.5. The van der Waals surface area contributed by atoms with Crippen LogP contribution in [0.15, 0.2) is 12.1 Å². The molecule has 3 N–H and O–H groups in total. The van der Waals surface area contributed by atoms with Crippen molar-refractivity contribution in [2.24, 2.45) is 5.73 Å². The monoisotopic (exact) mass is 266 g/mol. The zero-order valence-electron chi connectivity index (χ0n) is 11.7. The molecule has 0 aromatic heterocycles. The highest BCUT2D eigenvalue weighted by Gasteiger charge is 2.37. The fraction of sp³-hybridized carbons (Fsp3) is 0.600. The maximum Gasteiger partial charge on any atom is 0.124 e. The van der Waals surface area contributed by atoms with Crippen molar-refractivity contribution in [3.05, 3.63) is 29.1 Å². The summed E-state index contributed by atoms with van der Waals surface area (Å²) < 4.78 is 13.8. The van der Waals surface area contributed by atoms with E-state index in [-0.39, 0.29) is 17.0 Å². The van der Waals surface area contributed by atoms with Crippen LogP contribution in [0.5, 0.6) is 5.75 Å². The van der Waals surface area contributed by atoms with E-state index in [4.69, 9.17) is 5.73 Å². The highest BCUT2D eigenvalue weighted by Crippen LogP contribution is 2.45. The number of hydrogen-bond donors (Lipinski definition) is 2. The van der Waals surface area contributed by atoms with E-state index < -0.39 is 0 Å². The second kappa shape index (κ2) is 5.47. The van der Waals surface area contributed by atoms with Crippen LogP contribution in [0.25, 0.3) is 0 Å². The minimum atomic E-state index is -0.288. The van der Waals surface area contributed by atoms with E-state index in [0.29, 0.717) is 24.2 Å². The Morgan fingerprint density at radius 3 is 2.47 bits per heavy atom. The van der Waals surface area contributed by atoms with Crippen LogP contribution in [0.4, 0.5) is 4.39 Å². The minimum Gasteiger partial charge on any atom is -0.507 e. The number of rotatable bonds is 4. The van der Waals surface area contributed by atoms with Gasteiger partial charge in [0.15, 0.2) is 0 Å². The van der Waals surface area contributed by atoms with E-state index in [2.05, 4.69) is 0 Å². The number of benzene rings is 1. The van der Waals surface area contributed by atoms with Crippen molar-refractivity contribution in [3.8, 4) is 5.75 Å². The molecular weight excluding hydrogens is 243 g/mol. The van der Waals surface area contributed by atoms with Gasteiger partial charge in [0.1, 0.15) is 11.6 Å². The average molecular weight is 266 g/mol. The fourth-order valence-corrected chi connectivity index (χ4v) is 3.16. The summed E-state index contributed by atoms with van der Waals surface area (Å²) in [5.41, 5.74) is 7.02. The molecule has 0 atom stereocenters. The Balaban J connectivity index is 2.47. The molecule has 0 aliphatic heterocycles. The summed E-state index contributed by atoms with van der Waals surface area (Å²) in [7, 11) is 3.80. The van der Waals surface area contributed by atoms with Crippen LogP contribution < -0.4 is 5.73 Å². The van der Waals surface area contributed by atoms with Crippen LogP contribution in [0, 0.1) is 5.82 Å². The zero-order valence-corrected chi connectivity index (χ0v) is 11.7. The molecule has 1 saturated carbocycles. The smallest absolute Gasteiger partial charge is 0.124 e. The molecule has 0 bridgehead atoms. The van der Waals surface area contributed by atoms with Crippen molar-refractivity contribution in [3.63, 3.8) is 0 Å². The molecule has 1 aliphatic rings. The second-order valence-corrected chi connectivity index (χ2v) is 5.89. The van der Waals surface area contributed by atoms with Crippen molar-refractivity contribution < 1.29 is 9.50 Å². The Morgan fingerprint density at radius 1 is 1.32 bits per heavy atom. The first-order chi connectivity index (χ1) is 8.98. The van der Waals surface area contributed by atoms with Crippen LogP contribution in [-0.2, 0) is 12.0 Å². The maximum atomic E-state index is 13.8. The lowest BCUT2D eigenvalue weighted by Crippen LogP contribution is -2.32. The van der Waals surface area contributed by atoms with Crippen molar-refractivity contribution in [1.29, 1.82) is 0 Å². The van der Waals surface area contributed by atoms with Gasteiger partial charge >= 0.3 is 0 Å². The Kier molecular flexibility index (Phi) is 4.11. The average Bonchev–Trinajstić information content (AvgIpc) is 2.82. The van der Waals surface area contributed by atoms with Gasteiger partial charge < -0.3 is 15.7 Å². The van der Waals surface area contributed by atoms with Gasteiger partial charge in [-0.05, 0) is 39.1 Å². The number of phenolic OH excluding ortho intramolecular Hbond substituents is 1. The molecule has 0 spiro atoms. The zero-order chi connectivity index (χ0) is 14.0. The molecular formula is C15H23FN2O. The lowest BCUT2D eigenvalue weighted by Gasteiger charge is -2.29. The molecule has 1 aliphatic carbocycles. The molecule has 0 amide bonds. The van der Waals surface area contributed by atoms with E-state index in [9.17, 15) is 9.50 Å². The van der Waals surface area contributed by atoms with Crippen LogP contribution >= 0.6 is 0 Å². The van der Waals surface area contributed by atoms with Gasteiger partial charge in [-0.3, -0.25) is 0 Å². The van der Waals surface area contributed by atoms with Crippen LogP contribution in [-0.4, -0.2) is 30.6 Å². The third kappa shape index (κ3) is 2.74. The topological polar surface area (TPSA) is 49.5 Å². The molecule has 4 heteroatoms. The summed E-state index contributed by atoms with van der Waals surface area (Å²) in [6.07, 6.45) is 4.05. The normalized spacial score (nSPS) is 18.2. The van der Waals surface area contributed by atoms with Crippen LogP contribution in [0.3, 0.4) is 0 Å². The number of halogens is 1. The first-order valence-corrected chi connectivity index (χ1v) is 6.85. The number of phenols is 1.